The standard InChI is InChI=1S/C8H10O4/c9-5-1-2-6-7(3-5)11-4-8(6)12-10/h1-2,6-8,10H,3-4H2/t6-,7-,8+/m0/s1. The lowest BCUT2D eigenvalue weighted by molar-refractivity contribution is -0.281. The van der Waals surface area contributed by atoms with Crippen LogP contribution in [-0.4, -0.2) is 29.9 Å². The van der Waals surface area contributed by atoms with Crippen molar-refractivity contribution in [2.45, 2.75) is 18.6 Å². The highest BCUT2D eigenvalue weighted by Crippen LogP contribution is 2.30. The fraction of sp³-hybridized carbons (Fsp3) is 0.625. The molecule has 2 rings (SSSR count). The van der Waals surface area contributed by atoms with Gasteiger partial charge in [-0.2, -0.15) is 0 Å². The maximum Gasteiger partial charge on any atom is 0.157 e. The van der Waals surface area contributed by atoms with Gasteiger partial charge in [-0.3, -0.25) is 10.1 Å². The third-order valence-electron chi connectivity index (χ3n) is 2.38. The van der Waals surface area contributed by atoms with Crippen LogP contribution < -0.4 is 0 Å². The van der Waals surface area contributed by atoms with Crippen LogP contribution in [0.4, 0.5) is 0 Å². The minimum absolute atomic E-state index is 0.0349. The second-order valence-corrected chi connectivity index (χ2v) is 3.12. The van der Waals surface area contributed by atoms with E-state index in [1.165, 1.54) is 6.08 Å². The van der Waals surface area contributed by atoms with Gasteiger partial charge in [-0.05, 0) is 6.08 Å². The fourth-order valence-electron chi connectivity index (χ4n) is 1.71. The van der Waals surface area contributed by atoms with Gasteiger partial charge in [0.2, 0.25) is 0 Å². The molecule has 2 aliphatic rings. The summed E-state index contributed by atoms with van der Waals surface area (Å²) in [5.74, 6) is 0.113. The Morgan fingerprint density at radius 1 is 1.67 bits per heavy atom. The van der Waals surface area contributed by atoms with E-state index >= 15 is 0 Å². The lowest BCUT2D eigenvalue weighted by Crippen LogP contribution is -2.28. The highest BCUT2D eigenvalue weighted by molar-refractivity contribution is 5.91. The van der Waals surface area contributed by atoms with Crippen molar-refractivity contribution in [3.05, 3.63) is 12.2 Å². The molecule has 0 amide bonds. The minimum Gasteiger partial charge on any atom is -0.374 e. The van der Waals surface area contributed by atoms with Crippen molar-refractivity contribution in [3.63, 3.8) is 0 Å². The second kappa shape index (κ2) is 2.97. The van der Waals surface area contributed by atoms with E-state index < -0.39 is 0 Å². The monoisotopic (exact) mass is 170 g/mol. The molecule has 1 aliphatic heterocycles. The Morgan fingerprint density at radius 2 is 2.50 bits per heavy atom. The summed E-state index contributed by atoms with van der Waals surface area (Å²) < 4.78 is 5.27. The zero-order chi connectivity index (χ0) is 8.55. The van der Waals surface area contributed by atoms with E-state index in [-0.39, 0.29) is 23.9 Å². The molecular formula is C8H10O4. The molecule has 3 atom stereocenters. The molecule has 1 aliphatic carbocycles. The summed E-state index contributed by atoms with van der Waals surface area (Å²) in [7, 11) is 0. The molecule has 0 aromatic rings. The van der Waals surface area contributed by atoms with E-state index in [4.69, 9.17) is 9.99 Å². The highest BCUT2D eigenvalue weighted by atomic mass is 17.1. The van der Waals surface area contributed by atoms with Gasteiger partial charge in [-0.25, -0.2) is 4.89 Å². The summed E-state index contributed by atoms with van der Waals surface area (Å²) in [6, 6.07) is 0. The van der Waals surface area contributed by atoms with E-state index in [0.29, 0.717) is 13.0 Å². The lowest BCUT2D eigenvalue weighted by atomic mass is 9.90. The number of allylic oxidation sites excluding steroid dienone is 1. The van der Waals surface area contributed by atoms with Crippen LogP contribution in [0.25, 0.3) is 0 Å². The molecule has 1 heterocycles. The van der Waals surface area contributed by atoms with Crippen LogP contribution in [0.3, 0.4) is 0 Å². The Labute approximate surface area is 69.7 Å². The first kappa shape index (κ1) is 7.91. The number of hydrogen-bond donors (Lipinski definition) is 1. The van der Waals surface area contributed by atoms with Crippen LogP contribution in [0.1, 0.15) is 6.42 Å². The molecule has 4 nitrogen and oxygen atoms in total. The maximum atomic E-state index is 10.9. The van der Waals surface area contributed by atoms with Crippen LogP contribution in [0, 0.1) is 5.92 Å². The zero-order valence-corrected chi connectivity index (χ0v) is 6.47. The van der Waals surface area contributed by atoms with Crippen molar-refractivity contribution >= 4 is 5.78 Å². The molecule has 0 radical (unpaired) electrons. The van der Waals surface area contributed by atoms with Gasteiger partial charge in [0.1, 0.15) is 6.10 Å². The predicted molar refractivity (Wildman–Crippen MR) is 39.5 cm³/mol. The molecule has 1 N–H and O–H groups in total. The smallest absolute Gasteiger partial charge is 0.157 e. The summed E-state index contributed by atoms with van der Waals surface area (Å²) in [5.41, 5.74) is 0. The Bertz CT molecular complexity index is 223. The summed E-state index contributed by atoms with van der Waals surface area (Å²) in [4.78, 5) is 15.2. The quantitative estimate of drug-likeness (QED) is 0.457. The highest BCUT2D eigenvalue weighted by Gasteiger charge is 2.39. The first-order chi connectivity index (χ1) is 5.81. The van der Waals surface area contributed by atoms with Crippen molar-refractivity contribution in [1.29, 1.82) is 0 Å². The van der Waals surface area contributed by atoms with Crippen molar-refractivity contribution in [2.24, 2.45) is 5.92 Å². The van der Waals surface area contributed by atoms with Crippen LogP contribution in [0.15, 0.2) is 12.2 Å². The second-order valence-electron chi connectivity index (χ2n) is 3.12. The van der Waals surface area contributed by atoms with E-state index in [0.717, 1.165) is 0 Å². The topological polar surface area (TPSA) is 55.8 Å². The Morgan fingerprint density at radius 3 is 3.25 bits per heavy atom. The van der Waals surface area contributed by atoms with Crippen molar-refractivity contribution in [1.82, 2.24) is 0 Å². The average molecular weight is 170 g/mol. The SMILES string of the molecule is O=C1C=C[C@H]2[C@H](C1)OC[C@H]2OO. The van der Waals surface area contributed by atoms with Gasteiger partial charge in [0, 0.05) is 12.3 Å². The van der Waals surface area contributed by atoms with E-state index in [1.807, 2.05) is 0 Å². The molecule has 0 unspecified atom stereocenters. The van der Waals surface area contributed by atoms with E-state index in [2.05, 4.69) is 4.89 Å². The first-order valence-corrected chi connectivity index (χ1v) is 3.94. The molecule has 1 saturated heterocycles. The fourth-order valence-corrected chi connectivity index (χ4v) is 1.71. The number of carbonyl (C=O) groups excluding carboxylic acids is 1. The van der Waals surface area contributed by atoms with Crippen molar-refractivity contribution in [3.8, 4) is 0 Å². The number of ketones is 1. The Hall–Kier alpha value is -0.710. The van der Waals surface area contributed by atoms with Gasteiger partial charge in [-0.1, -0.05) is 6.08 Å². The molecule has 4 heteroatoms. The van der Waals surface area contributed by atoms with Crippen LogP contribution in [-0.2, 0) is 14.4 Å². The molecule has 0 aromatic carbocycles. The number of hydrogen-bond acceptors (Lipinski definition) is 4. The lowest BCUT2D eigenvalue weighted by Gasteiger charge is -2.19. The van der Waals surface area contributed by atoms with Crippen LogP contribution >= 0.6 is 0 Å². The molecule has 12 heavy (non-hydrogen) atoms. The van der Waals surface area contributed by atoms with E-state index in [1.54, 1.807) is 6.08 Å². The first-order valence-electron chi connectivity index (χ1n) is 3.94. The zero-order valence-electron chi connectivity index (χ0n) is 6.47. The molecular weight excluding hydrogens is 160 g/mol. The molecule has 1 fully saturated rings. The van der Waals surface area contributed by atoms with Crippen molar-refractivity contribution < 1.29 is 19.7 Å². The van der Waals surface area contributed by atoms with Gasteiger partial charge in [-0.15, -0.1) is 0 Å². The van der Waals surface area contributed by atoms with Crippen molar-refractivity contribution in [2.75, 3.05) is 6.61 Å². The van der Waals surface area contributed by atoms with Gasteiger partial charge in [0.25, 0.3) is 0 Å². The van der Waals surface area contributed by atoms with E-state index in [9.17, 15) is 4.79 Å². The number of carbonyl (C=O) groups is 1. The summed E-state index contributed by atoms with van der Waals surface area (Å²) in [6.07, 6.45) is 3.28. The summed E-state index contributed by atoms with van der Waals surface area (Å²) in [5, 5.41) is 8.47. The average Bonchev–Trinajstić information content (AvgIpc) is 2.46. The predicted octanol–water partition coefficient (Wildman–Crippen LogP) is 0.389. The third kappa shape index (κ3) is 1.18. The largest absolute Gasteiger partial charge is 0.374 e. The molecule has 0 spiro atoms. The third-order valence-corrected chi connectivity index (χ3v) is 2.38. The Balaban J connectivity index is 2.14. The minimum atomic E-state index is -0.306. The Kier molecular flexibility index (Phi) is 1.96. The molecule has 0 saturated carbocycles. The normalized spacial score (nSPS) is 40.1. The van der Waals surface area contributed by atoms with Gasteiger partial charge in [0.15, 0.2) is 5.78 Å². The summed E-state index contributed by atoms with van der Waals surface area (Å²) in [6.45, 7) is 0.365. The van der Waals surface area contributed by atoms with Crippen LogP contribution in [0.2, 0.25) is 0 Å². The van der Waals surface area contributed by atoms with Gasteiger partial charge >= 0.3 is 0 Å². The molecule has 0 bridgehead atoms. The number of fused-ring (bicyclic) bond motifs is 1. The van der Waals surface area contributed by atoms with Crippen LogP contribution in [0.5, 0.6) is 0 Å². The number of rotatable bonds is 1. The summed E-state index contributed by atoms with van der Waals surface area (Å²) >= 11 is 0. The number of ether oxygens (including phenoxy) is 1. The molecule has 0 aromatic heterocycles. The van der Waals surface area contributed by atoms with Gasteiger partial charge in [0.05, 0.1) is 12.7 Å². The van der Waals surface area contributed by atoms with Gasteiger partial charge < -0.3 is 4.74 Å². The maximum absolute atomic E-state index is 10.9. The molecule has 66 valence electrons.